The van der Waals surface area contributed by atoms with E-state index >= 15 is 0 Å². The van der Waals surface area contributed by atoms with Gasteiger partial charge in [0, 0.05) is 5.25 Å². The van der Waals surface area contributed by atoms with Crippen LogP contribution in [0.4, 0.5) is 22.0 Å². The molecular weight excluding hydrogens is 418 g/mol. The molecule has 2 aliphatic rings. The first-order chi connectivity index (χ1) is 11.6. The van der Waals surface area contributed by atoms with Crippen molar-refractivity contribution < 1.29 is 26.5 Å². The second-order valence-electron chi connectivity index (χ2n) is 6.08. The summed E-state index contributed by atoms with van der Waals surface area (Å²) in [6.45, 7) is 5.88. The number of rotatable bonds is 3. The van der Waals surface area contributed by atoms with Gasteiger partial charge in [0.05, 0.1) is 11.0 Å². The summed E-state index contributed by atoms with van der Waals surface area (Å²) in [5.74, 6) is -9.52. The summed E-state index contributed by atoms with van der Waals surface area (Å²) in [6, 6.07) is 0. The van der Waals surface area contributed by atoms with Gasteiger partial charge in [-0.2, -0.15) is 0 Å². The Morgan fingerprint density at radius 3 is 2.24 bits per heavy atom. The third kappa shape index (κ3) is 3.68. The minimum atomic E-state index is -2.86. The van der Waals surface area contributed by atoms with Gasteiger partial charge in [-0.3, -0.25) is 0 Å². The Labute approximate surface area is 155 Å². The SMILES string of the molecule is C=C(C)[C@H]1CC[C@H]2S[P@@](=S)(Sc3c(F)c(F)c(F)c(F)c3F)O[C@@H]2C1. The molecule has 0 spiro atoms. The standard InChI is InChI=1S/C15H14F5OPS3/c1-6(2)7-3-4-9-8(5-7)21-22(23,24-9)25-15-13(19)11(17)10(16)12(18)14(15)20/h7-9H,1,3-5H2,2H3/t7-,8+,9+,22+/m0/s1. The van der Waals surface area contributed by atoms with Gasteiger partial charge in [0.25, 0.3) is 0 Å². The fraction of sp³-hybridized carbons (Fsp3) is 0.467. The van der Waals surface area contributed by atoms with Gasteiger partial charge in [-0.05, 0) is 55.3 Å². The van der Waals surface area contributed by atoms with E-state index < -0.39 is 38.7 Å². The summed E-state index contributed by atoms with van der Waals surface area (Å²) in [5.41, 5.74) is 1.04. The van der Waals surface area contributed by atoms with Gasteiger partial charge in [0.1, 0.15) is 0 Å². The van der Waals surface area contributed by atoms with Crippen molar-refractivity contribution in [1.29, 1.82) is 0 Å². The Morgan fingerprint density at radius 2 is 1.68 bits per heavy atom. The van der Waals surface area contributed by atoms with Crippen molar-refractivity contribution in [1.82, 2.24) is 0 Å². The monoisotopic (exact) mass is 432 g/mol. The smallest absolute Gasteiger partial charge is 0.200 e. The molecule has 1 aromatic carbocycles. The largest absolute Gasteiger partial charge is 0.329 e. The fourth-order valence-corrected chi connectivity index (χ4v) is 13.2. The zero-order valence-corrected chi connectivity index (χ0v) is 16.4. The van der Waals surface area contributed by atoms with E-state index in [4.69, 9.17) is 16.3 Å². The number of benzene rings is 1. The molecular formula is C15H14F5OPS3. The predicted molar refractivity (Wildman–Crippen MR) is 94.8 cm³/mol. The lowest BCUT2D eigenvalue weighted by Gasteiger charge is -2.29. The first kappa shape index (κ1) is 19.7. The van der Waals surface area contributed by atoms with Gasteiger partial charge in [0.2, 0.25) is 5.82 Å². The lowest BCUT2D eigenvalue weighted by atomic mass is 9.83. The third-order valence-corrected chi connectivity index (χ3v) is 13.2. The maximum atomic E-state index is 13.9. The molecule has 10 heteroatoms. The van der Waals surface area contributed by atoms with E-state index in [0.29, 0.717) is 23.7 Å². The highest BCUT2D eigenvalue weighted by molar-refractivity contribution is 8.99. The van der Waals surface area contributed by atoms with Crippen molar-refractivity contribution in [2.75, 3.05) is 0 Å². The molecule has 138 valence electrons. The highest BCUT2D eigenvalue weighted by Crippen LogP contribution is 2.80. The van der Waals surface area contributed by atoms with Crippen LogP contribution >= 0.6 is 27.4 Å². The van der Waals surface area contributed by atoms with E-state index in [9.17, 15) is 22.0 Å². The fourth-order valence-electron chi connectivity index (χ4n) is 2.96. The molecule has 2 fully saturated rings. The van der Waals surface area contributed by atoms with Crippen LogP contribution in [0, 0.1) is 35.0 Å². The maximum absolute atomic E-state index is 13.9. The van der Waals surface area contributed by atoms with E-state index in [2.05, 4.69) is 6.58 Å². The first-order valence-corrected chi connectivity index (χ1v) is 13.1. The predicted octanol–water partition coefficient (Wildman–Crippen LogP) is 6.58. The van der Waals surface area contributed by atoms with E-state index in [0.717, 1.165) is 18.4 Å². The van der Waals surface area contributed by atoms with Gasteiger partial charge < -0.3 is 4.52 Å². The number of hydrogen-bond donors (Lipinski definition) is 0. The molecule has 1 aromatic rings. The molecule has 1 aliphatic heterocycles. The second-order valence-corrected chi connectivity index (χ2v) is 16.5. The Morgan fingerprint density at radius 1 is 1.12 bits per heavy atom. The van der Waals surface area contributed by atoms with Crippen LogP contribution in [0.15, 0.2) is 17.0 Å². The molecule has 0 aromatic heterocycles. The molecule has 1 saturated heterocycles. The number of halogens is 5. The average Bonchev–Trinajstić information content (AvgIpc) is 2.90. The minimum absolute atomic E-state index is 0.0789. The summed E-state index contributed by atoms with van der Waals surface area (Å²) >= 11 is 7.20. The van der Waals surface area contributed by atoms with Crippen molar-refractivity contribution >= 4 is 39.2 Å². The lowest BCUT2D eigenvalue weighted by molar-refractivity contribution is 0.170. The van der Waals surface area contributed by atoms with Gasteiger partial charge >= 0.3 is 0 Å². The van der Waals surface area contributed by atoms with Crippen LogP contribution in [0.25, 0.3) is 0 Å². The molecule has 1 aliphatic carbocycles. The van der Waals surface area contributed by atoms with Gasteiger partial charge in [-0.15, -0.1) is 0 Å². The molecule has 1 heterocycles. The number of fused-ring (bicyclic) bond motifs is 1. The van der Waals surface area contributed by atoms with Crippen molar-refractivity contribution in [2.45, 2.75) is 42.4 Å². The van der Waals surface area contributed by atoms with Crippen molar-refractivity contribution in [2.24, 2.45) is 5.92 Å². The first-order valence-electron chi connectivity index (χ1n) is 7.46. The maximum Gasteiger partial charge on any atom is 0.200 e. The van der Waals surface area contributed by atoms with Gasteiger partial charge in [-0.1, -0.05) is 23.5 Å². The van der Waals surface area contributed by atoms with E-state index in [1.807, 2.05) is 6.92 Å². The van der Waals surface area contributed by atoms with Crippen LogP contribution in [-0.2, 0) is 16.3 Å². The van der Waals surface area contributed by atoms with Crippen LogP contribution in [0.5, 0.6) is 0 Å². The zero-order chi connectivity index (χ0) is 18.5. The van der Waals surface area contributed by atoms with Crippen LogP contribution < -0.4 is 0 Å². The third-order valence-electron chi connectivity index (χ3n) is 4.33. The Balaban J connectivity index is 1.85. The average molecular weight is 432 g/mol. The molecule has 0 unspecified atom stereocenters. The molecule has 4 atom stereocenters. The van der Waals surface area contributed by atoms with E-state index in [1.54, 1.807) is 0 Å². The van der Waals surface area contributed by atoms with Crippen LogP contribution in [0.3, 0.4) is 0 Å². The van der Waals surface area contributed by atoms with Crippen molar-refractivity contribution in [3.63, 3.8) is 0 Å². The Bertz CT molecular complexity index is 758. The van der Waals surface area contributed by atoms with Gasteiger partial charge in [0.15, 0.2) is 27.9 Å². The zero-order valence-electron chi connectivity index (χ0n) is 13.0. The lowest BCUT2D eigenvalue weighted by Crippen LogP contribution is -2.29. The number of allylic oxidation sites excluding steroid dienone is 1. The molecule has 0 bridgehead atoms. The van der Waals surface area contributed by atoms with Gasteiger partial charge in [-0.25, -0.2) is 22.0 Å². The topological polar surface area (TPSA) is 9.23 Å². The summed E-state index contributed by atoms with van der Waals surface area (Å²) < 4.78 is 70.8. The van der Waals surface area contributed by atoms with Crippen molar-refractivity contribution in [3.8, 4) is 0 Å². The Kier molecular flexibility index (Phi) is 5.63. The molecule has 0 amide bonds. The highest BCUT2D eigenvalue weighted by atomic mass is 33.2. The summed E-state index contributed by atoms with van der Waals surface area (Å²) in [7, 11) is 0. The molecule has 25 heavy (non-hydrogen) atoms. The van der Waals surface area contributed by atoms with E-state index in [-0.39, 0.29) is 11.4 Å². The number of hydrogen-bond acceptors (Lipinski definition) is 4. The normalized spacial score (nSPS) is 31.8. The summed E-state index contributed by atoms with van der Waals surface area (Å²) in [4.78, 5) is -0.956. The second kappa shape index (κ2) is 7.15. The summed E-state index contributed by atoms with van der Waals surface area (Å²) in [5, 5.41) is 0.0789. The minimum Gasteiger partial charge on any atom is -0.329 e. The molecule has 1 nitrogen and oxygen atoms in total. The van der Waals surface area contributed by atoms with Crippen LogP contribution in [-0.4, -0.2) is 11.4 Å². The summed E-state index contributed by atoms with van der Waals surface area (Å²) in [6.07, 6.45) is 2.28. The highest BCUT2D eigenvalue weighted by Gasteiger charge is 2.46. The van der Waals surface area contributed by atoms with Crippen molar-refractivity contribution in [3.05, 3.63) is 41.2 Å². The quantitative estimate of drug-likeness (QED) is 0.175. The molecule has 3 rings (SSSR count). The van der Waals surface area contributed by atoms with E-state index in [1.165, 1.54) is 11.4 Å². The Hall–Kier alpha value is -0.0800. The molecule has 0 radical (unpaired) electrons. The van der Waals surface area contributed by atoms with Crippen LogP contribution in [0.1, 0.15) is 26.2 Å². The molecule has 0 N–H and O–H groups in total. The molecule has 1 saturated carbocycles. The van der Waals surface area contributed by atoms with Crippen LogP contribution in [0.2, 0.25) is 0 Å².